The lowest BCUT2D eigenvalue weighted by Crippen LogP contribution is -1.95. The molecule has 262 valence electrons. The molecule has 56 heavy (non-hydrogen) atoms. The van der Waals surface area contributed by atoms with Crippen molar-refractivity contribution in [2.45, 2.75) is 6.92 Å². The molecule has 5 aromatic heterocycles. The van der Waals surface area contributed by atoms with Gasteiger partial charge in [0.1, 0.15) is 0 Å². The Morgan fingerprint density at radius 1 is 0.321 bits per heavy atom. The van der Waals surface area contributed by atoms with Crippen LogP contribution in [0.1, 0.15) is 5.56 Å². The molecule has 0 radical (unpaired) electrons. The Hall–Kier alpha value is -7.36. The lowest BCUT2D eigenvalue weighted by Gasteiger charge is -2.11. The van der Waals surface area contributed by atoms with Crippen LogP contribution in [0.3, 0.4) is 0 Å². The van der Waals surface area contributed by atoms with Crippen LogP contribution in [0.25, 0.3) is 104 Å². The number of para-hydroxylation sites is 3. The highest BCUT2D eigenvalue weighted by Gasteiger charge is 2.15. The van der Waals surface area contributed by atoms with E-state index in [1.807, 2.05) is 0 Å². The summed E-state index contributed by atoms with van der Waals surface area (Å²) in [5.74, 6) is 0. The third-order valence-electron chi connectivity index (χ3n) is 11.9. The van der Waals surface area contributed by atoms with E-state index < -0.39 is 0 Å². The number of aryl methyl sites for hydroxylation is 1. The monoisotopic (exact) mass is 713 g/mol. The Balaban J connectivity index is 1.32. The third kappa shape index (κ3) is 4.58. The van der Waals surface area contributed by atoms with Crippen molar-refractivity contribution in [1.82, 2.24) is 13.4 Å². The van der Waals surface area contributed by atoms with Gasteiger partial charge in [0.15, 0.2) is 0 Å². The molecule has 3 nitrogen and oxygen atoms in total. The van der Waals surface area contributed by atoms with E-state index in [1.54, 1.807) is 0 Å². The minimum atomic E-state index is 1.12. The summed E-state index contributed by atoms with van der Waals surface area (Å²) in [5, 5.41) is 10.9. The molecule has 0 unspecified atom stereocenters. The maximum Gasteiger partial charge on any atom is 0.0547 e. The summed E-state index contributed by atoms with van der Waals surface area (Å²) in [6, 6.07) is 72.1. The van der Waals surface area contributed by atoms with Gasteiger partial charge in [-0.2, -0.15) is 0 Å². The van der Waals surface area contributed by atoms with Gasteiger partial charge in [0.2, 0.25) is 0 Å². The van der Waals surface area contributed by atoms with E-state index in [4.69, 9.17) is 0 Å². The van der Waals surface area contributed by atoms with Crippen molar-refractivity contribution in [1.29, 1.82) is 0 Å². The van der Waals surface area contributed by atoms with Gasteiger partial charge < -0.3 is 13.4 Å². The summed E-state index contributed by atoms with van der Waals surface area (Å²) in [4.78, 5) is 0. The fraction of sp³-hybridized carbons (Fsp3) is 0.0189. The highest BCUT2D eigenvalue weighted by Crippen LogP contribution is 2.36. The van der Waals surface area contributed by atoms with Gasteiger partial charge in [-0.3, -0.25) is 0 Å². The van der Waals surface area contributed by atoms with E-state index in [-0.39, 0.29) is 0 Å². The maximum atomic E-state index is 2.47. The standard InChI is InChI=1S/C53H35N3/c1-34-17-19-36(20-18-34)48-27-28-49-37-23-21-35(22-24-37)39-25-26-47-46-13-4-7-16-52(46)56(53(47)32-39)43-31-40(38-9-8-10-41(29-38)54(48)49)30-42(33-43)55-50-14-5-2-11-44(50)45-12-3-6-15-51(45)55/h2-33H,1H3. The van der Waals surface area contributed by atoms with Crippen molar-refractivity contribution in [2.24, 2.45) is 0 Å². The first-order valence-electron chi connectivity index (χ1n) is 19.3. The van der Waals surface area contributed by atoms with E-state index in [0.29, 0.717) is 0 Å². The van der Waals surface area contributed by atoms with Crippen LogP contribution in [-0.4, -0.2) is 13.4 Å². The molecule has 0 aliphatic rings. The van der Waals surface area contributed by atoms with E-state index in [1.165, 1.54) is 70.9 Å². The van der Waals surface area contributed by atoms with E-state index in [2.05, 4.69) is 214 Å². The van der Waals surface area contributed by atoms with Gasteiger partial charge >= 0.3 is 0 Å². The molecule has 13 rings (SSSR count). The first-order valence-corrected chi connectivity index (χ1v) is 19.3. The Morgan fingerprint density at radius 2 is 0.929 bits per heavy atom. The number of fused-ring (bicyclic) bond motifs is 7. The van der Waals surface area contributed by atoms with Crippen LogP contribution >= 0.6 is 0 Å². The summed E-state index contributed by atoms with van der Waals surface area (Å²) in [7, 11) is 0. The molecule has 13 aromatic rings. The fourth-order valence-corrected chi connectivity index (χ4v) is 9.20. The van der Waals surface area contributed by atoms with Crippen molar-refractivity contribution in [3.63, 3.8) is 0 Å². The molecule has 0 aliphatic heterocycles. The van der Waals surface area contributed by atoms with E-state index in [0.717, 1.165) is 38.7 Å². The molecule has 0 atom stereocenters. The van der Waals surface area contributed by atoms with E-state index >= 15 is 0 Å². The molecule has 0 amide bonds. The number of aromatic nitrogens is 3. The lowest BCUT2D eigenvalue weighted by atomic mass is 10.1. The predicted molar refractivity (Wildman–Crippen MR) is 238 cm³/mol. The van der Waals surface area contributed by atoms with Crippen LogP contribution in [0.15, 0.2) is 194 Å². The van der Waals surface area contributed by atoms with Gasteiger partial charge in [-0.25, -0.2) is 0 Å². The minimum absolute atomic E-state index is 1.12. The Labute approximate surface area is 322 Å². The van der Waals surface area contributed by atoms with Gasteiger partial charge in [-0.05, 0) is 106 Å². The molecular weight excluding hydrogens is 679 g/mol. The number of benzene rings is 8. The second-order valence-corrected chi connectivity index (χ2v) is 15.1. The largest absolute Gasteiger partial charge is 0.309 e. The van der Waals surface area contributed by atoms with Gasteiger partial charge in [-0.1, -0.05) is 133 Å². The number of nitrogens with zero attached hydrogens (tertiary/aromatic N) is 3. The van der Waals surface area contributed by atoms with Crippen molar-refractivity contribution < 1.29 is 0 Å². The highest BCUT2D eigenvalue weighted by atomic mass is 15.0. The molecule has 0 aliphatic carbocycles. The van der Waals surface area contributed by atoms with Crippen LogP contribution < -0.4 is 0 Å². The zero-order valence-electron chi connectivity index (χ0n) is 30.8. The summed E-state index contributed by atoms with van der Waals surface area (Å²) >= 11 is 0. The lowest BCUT2D eigenvalue weighted by molar-refractivity contribution is 1.18. The first kappa shape index (κ1) is 31.0. The second kappa shape index (κ2) is 11.8. The molecular formula is C53H35N3. The van der Waals surface area contributed by atoms with Gasteiger partial charge in [-0.15, -0.1) is 0 Å². The van der Waals surface area contributed by atoms with Crippen LogP contribution in [0.2, 0.25) is 0 Å². The fourth-order valence-electron chi connectivity index (χ4n) is 9.20. The molecule has 0 spiro atoms. The van der Waals surface area contributed by atoms with Gasteiger partial charge in [0, 0.05) is 38.3 Å². The van der Waals surface area contributed by atoms with Crippen molar-refractivity contribution in [3.05, 3.63) is 200 Å². The van der Waals surface area contributed by atoms with Crippen molar-refractivity contribution >= 4 is 87.1 Å². The molecule has 8 aromatic carbocycles. The van der Waals surface area contributed by atoms with Crippen molar-refractivity contribution in [3.8, 4) is 16.9 Å². The van der Waals surface area contributed by atoms with Crippen molar-refractivity contribution in [2.75, 3.05) is 0 Å². The second-order valence-electron chi connectivity index (χ2n) is 15.1. The number of hydrogen-bond acceptors (Lipinski definition) is 0. The van der Waals surface area contributed by atoms with Crippen LogP contribution in [0, 0.1) is 6.92 Å². The molecule has 5 heterocycles. The molecule has 3 heteroatoms. The Kier molecular flexibility index (Phi) is 6.55. The van der Waals surface area contributed by atoms with E-state index in [9.17, 15) is 0 Å². The Morgan fingerprint density at radius 3 is 1.68 bits per heavy atom. The summed E-state index contributed by atoms with van der Waals surface area (Å²) < 4.78 is 7.34. The average Bonchev–Trinajstić information content (AvgIpc) is 3.94. The maximum absolute atomic E-state index is 2.47. The predicted octanol–water partition coefficient (Wildman–Crippen LogP) is 14.2. The first-order chi connectivity index (χ1) is 27.7. The van der Waals surface area contributed by atoms with Gasteiger partial charge in [0.05, 0.1) is 33.3 Å². The smallest absolute Gasteiger partial charge is 0.0547 e. The van der Waals surface area contributed by atoms with Gasteiger partial charge in [0.25, 0.3) is 0 Å². The molecule has 0 saturated heterocycles. The topological polar surface area (TPSA) is 13.8 Å². The molecule has 0 N–H and O–H groups in total. The SMILES string of the molecule is Cc1ccc(-c2ccc3c4ccc(cc4)c4ccc5c6ccccc6n(c6cc(-n7c8ccccc8c8ccccc87)cc(c6)c6cccc(c6)n23)c5c4)cc1. The highest BCUT2D eigenvalue weighted by molar-refractivity contribution is 6.12. The summed E-state index contributed by atoms with van der Waals surface area (Å²) in [6.07, 6.45) is 0. The molecule has 8 bridgehead atoms. The zero-order chi connectivity index (χ0) is 36.9. The summed E-state index contributed by atoms with van der Waals surface area (Å²) in [6.45, 7) is 2.15. The average molecular weight is 714 g/mol. The zero-order valence-corrected chi connectivity index (χ0v) is 30.8. The van der Waals surface area contributed by atoms with Crippen LogP contribution in [-0.2, 0) is 0 Å². The van der Waals surface area contributed by atoms with Crippen LogP contribution in [0.5, 0.6) is 0 Å². The normalized spacial score (nSPS) is 12.0. The molecule has 0 saturated carbocycles. The summed E-state index contributed by atoms with van der Waals surface area (Å²) in [5.41, 5.74) is 12.9. The van der Waals surface area contributed by atoms with Crippen LogP contribution in [0.4, 0.5) is 0 Å². The number of rotatable bonds is 2. The minimum Gasteiger partial charge on any atom is -0.309 e. The third-order valence-corrected chi connectivity index (χ3v) is 11.9. The number of hydrogen-bond donors (Lipinski definition) is 0. The Bertz CT molecular complexity index is 3580. The quantitative estimate of drug-likeness (QED) is 0.169. The molecule has 0 fully saturated rings.